The number of ether oxygens (including phenoxy) is 1. The van der Waals surface area contributed by atoms with Crippen LogP contribution >= 0.6 is 11.6 Å². The van der Waals surface area contributed by atoms with E-state index in [0.717, 1.165) is 44.4 Å². The molecule has 2 heterocycles. The first-order valence-corrected chi connectivity index (χ1v) is 8.01. The van der Waals surface area contributed by atoms with E-state index in [2.05, 4.69) is 28.9 Å². The molecule has 2 N–H and O–H groups in total. The summed E-state index contributed by atoms with van der Waals surface area (Å²) in [6.07, 6.45) is 0. The minimum absolute atomic E-state index is 0.0996. The molecule has 2 atom stereocenters. The third-order valence-electron chi connectivity index (χ3n) is 4.77. The second kappa shape index (κ2) is 6.13. The first-order chi connectivity index (χ1) is 10.1. The van der Waals surface area contributed by atoms with E-state index < -0.39 is 0 Å². The minimum atomic E-state index is 0.0996. The highest BCUT2D eigenvalue weighted by molar-refractivity contribution is 6.30. The van der Waals surface area contributed by atoms with Gasteiger partial charge in [-0.25, -0.2) is 0 Å². The molecule has 2 fully saturated rings. The molecule has 4 nitrogen and oxygen atoms in total. The molecule has 2 unspecified atom stereocenters. The number of nitrogens with zero attached hydrogens (tertiary/aromatic N) is 2. The normalized spacial score (nSPS) is 30.8. The Labute approximate surface area is 131 Å². The van der Waals surface area contributed by atoms with Crippen molar-refractivity contribution < 1.29 is 4.74 Å². The number of anilines is 1. The number of piperazine rings is 1. The lowest BCUT2D eigenvalue weighted by Gasteiger charge is -2.40. The topological polar surface area (TPSA) is 41.7 Å². The van der Waals surface area contributed by atoms with Crippen LogP contribution in [0.2, 0.25) is 5.02 Å². The number of halogens is 1. The lowest BCUT2D eigenvalue weighted by atomic mass is 9.85. The SMILES string of the molecule is CC1(CN2CCN(c3ccc(Cl)cc3)CC2)COCC1N. The highest BCUT2D eigenvalue weighted by atomic mass is 35.5. The van der Waals surface area contributed by atoms with Crippen molar-refractivity contribution in [1.29, 1.82) is 0 Å². The van der Waals surface area contributed by atoms with Crippen molar-refractivity contribution in [3.05, 3.63) is 29.3 Å². The molecule has 0 radical (unpaired) electrons. The van der Waals surface area contributed by atoms with Gasteiger partial charge >= 0.3 is 0 Å². The van der Waals surface area contributed by atoms with Gasteiger partial charge in [0.2, 0.25) is 0 Å². The summed E-state index contributed by atoms with van der Waals surface area (Å²) in [7, 11) is 0. The zero-order chi connectivity index (χ0) is 14.9. The monoisotopic (exact) mass is 309 g/mol. The maximum Gasteiger partial charge on any atom is 0.0624 e. The van der Waals surface area contributed by atoms with Crippen LogP contribution in [-0.2, 0) is 4.74 Å². The van der Waals surface area contributed by atoms with Crippen molar-refractivity contribution in [3.63, 3.8) is 0 Å². The van der Waals surface area contributed by atoms with Crippen LogP contribution < -0.4 is 10.6 Å². The summed E-state index contributed by atoms with van der Waals surface area (Å²) < 4.78 is 5.54. The molecule has 0 aliphatic carbocycles. The lowest BCUT2D eigenvalue weighted by Crippen LogP contribution is -2.53. The van der Waals surface area contributed by atoms with Gasteiger partial charge in [0, 0.05) is 54.9 Å². The molecular weight excluding hydrogens is 286 g/mol. The van der Waals surface area contributed by atoms with Gasteiger partial charge in [-0.2, -0.15) is 0 Å². The van der Waals surface area contributed by atoms with E-state index in [4.69, 9.17) is 22.1 Å². The summed E-state index contributed by atoms with van der Waals surface area (Å²) in [4.78, 5) is 4.93. The molecule has 0 aromatic heterocycles. The van der Waals surface area contributed by atoms with Crippen molar-refractivity contribution >= 4 is 17.3 Å². The van der Waals surface area contributed by atoms with Crippen LogP contribution in [0.1, 0.15) is 6.92 Å². The van der Waals surface area contributed by atoms with E-state index in [9.17, 15) is 0 Å². The Morgan fingerprint density at radius 1 is 1.24 bits per heavy atom. The quantitative estimate of drug-likeness (QED) is 0.925. The van der Waals surface area contributed by atoms with Gasteiger partial charge < -0.3 is 15.4 Å². The first kappa shape index (κ1) is 15.1. The molecular formula is C16H24ClN3O. The number of nitrogens with two attached hydrogens (primary N) is 1. The van der Waals surface area contributed by atoms with Crippen molar-refractivity contribution in [2.24, 2.45) is 11.1 Å². The Bertz CT molecular complexity index is 473. The Balaban J connectivity index is 1.54. The van der Waals surface area contributed by atoms with Crippen LogP contribution in [0.4, 0.5) is 5.69 Å². The highest BCUT2D eigenvalue weighted by Crippen LogP contribution is 2.29. The maximum atomic E-state index is 6.19. The molecule has 1 aromatic rings. The van der Waals surface area contributed by atoms with Gasteiger partial charge in [0.1, 0.15) is 0 Å². The van der Waals surface area contributed by atoms with Gasteiger partial charge in [-0.15, -0.1) is 0 Å². The minimum Gasteiger partial charge on any atom is -0.379 e. The number of rotatable bonds is 3. The zero-order valence-electron chi connectivity index (χ0n) is 12.6. The van der Waals surface area contributed by atoms with Gasteiger partial charge in [-0.05, 0) is 24.3 Å². The van der Waals surface area contributed by atoms with Crippen LogP contribution in [0, 0.1) is 5.41 Å². The lowest BCUT2D eigenvalue weighted by molar-refractivity contribution is 0.115. The molecule has 3 rings (SSSR count). The van der Waals surface area contributed by atoms with E-state index in [1.165, 1.54) is 5.69 Å². The third kappa shape index (κ3) is 3.34. The van der Waals surface area contributed by atoms with Gasteiger partial charge in [0.05, 0.1) is 13.2 Å². The smallest absolute Gasteiger partial charge is 0.0624 e. The molecule has 116 valence electrons. The maximum absolute atomic E-state index is 6.19. The summed E-state index contributed by atoms with van der Waals surface area (Å²) in [5, 5.41) is 0.792. The first-order valence-electron chi connectivity index (χ1n) is 7.63. The van der Waals surface area contributed by atoms with E-state index >= 15 is 0 Å². The number of hydrogen-bond acceptors (Lipinski definition) is 4. The second-order valence-electron chi connectivity index (χ2n) is 6.52. The number of hydrogen-bond donors (Lipinski definition) is 1. The predicted molar refractivity (Wildman–Crippen MR) is 87.0 cm³/mol. The van der Waals surface area contributed by atoms with Gasteiger partial charge in [0.25, 0.3) is 0 Å². The molecule has 1 aromatic carbocycles. The zero-order valence-corrected chi connectivity index (χ0v) is 13.4. The highest BCUT2D eigenvalue weighted by Gasteiger charge is 2.39. The largest absolute Gasteiger partial charge is 0.379 e. The third-order valence-corrected chi connectivity index (χ3v) is 5.03. The Morgan fingerprint density at radius 2 is 1.90 bits per heavy atom. The van der Waals surface area contributed by atoms with Gasteiger partial charge in [-0.3, -0.25) is 4.90 Å². The molecule has 0 saturated carbocycles. The van der Waals surface area contributed by atoms with E-state index in [1.807, 2.05) is 12.1 Å². The summed E-state index contributed by atoms with van der Waals surface area (Å²) in [5.41, 5.74) is 7.54. The summed E-state index contributed by atoms with van der Waals surface area (Å²) in [5.74, 6) is 0. The summed E-state index contributed by atoms with van der Waals surface area (Å²) in [6.45, 7) is 9.00. The average Bonchev–Trinajstić information content (AvgIpc) is 2.80. The molecule has 21 heavy (non-hydrogen) atoms. The Kier molecular flexibility index (Phi) is 4.41. The average molecular weight is 310 g/mol. The summed E-state index contributed by atoms with van der Waals surface area (Å²) in [6, 6.07) is 8.27. The standard InChI is InChI=1S/C16H24ClN3O/c1-16(12-21-10-15(16)18)11-19-6-8-20(9-7-19)14-4-2-13(17)3-5-14/h2-5,15H,6-12,18H2,1H3. The van der Waals surface area contributed by atoms with Crippen molar-refractivity contribution in [2.75, 3.05) is 50.8 Å². The van der Waals surface area contributed by atoms with Crippen molar-refractivity contribution in [3.8, 4) is 0 Å². The van der Waals surface area contributed by atoms with E-state index in [0.29, 0.717) is 6.61 Å². The predicted octanol–water partition coefficient (Wildman–Crippen LogP) is 1.83. The van der Waals surface area contributed by atoms with E-state index in [-0.39, 0.29) is 11.5 Å². The molecule has 2 aliphatic heterocycles. The van der Waals surface area contributed by atoms with Crippen molar-refractivity contribution in [2.45, 2.75) is 13.0 Å². The van der Waals surface area contributed by atoms with Crippen LogP contribution in [0.5, 0.6) is 0 Å². The van der Waals surface area contributed by atoms with Gasteiger partial charge in [-0.1, -0.05) is 18.5 Å². The van der Waals surface area contributed by atoms with Crippen LogP contribution in [0.25, 0.3) is 0 Å². The van der Waals surface area contributed by atoms with Crippen LogP contribution in [-0.4, -0.2) is 56.9 Å². The van der Waals surface area contributed by atoms with Crippen LogP contribution in [0.3, 0.4) is 0 Å². The molecule has 0 spiro atoms. The molecule has 2 saturated heterocycles. The Hall–Kier alpha value is -0.810. The fourth-order valence-electron chi connectivity index (χ4n) is 3.22. The van der Waals surface area contributed by atoms with Gasteiger partial charge in [0.15, 0.2) is 0 Å². The molecule has 0 amide bonds. The summed E-state index contributed by atoms with van der Waals surface area (Å²) >= 11 is 5.95. The molecule has 5 heteroatoms. The second-order valence-corrected chi connectivity index (χ2v) is 6.95. The fraction of sp³-hybridized carbons (Fsp3) is 0.625. The fourth-order valence-corrected chi connectivity index (χ4v) is 3.34. The van der Waals surface area contributed by atoms with Crippen molar-refractivity contribution in [1.82, 2.24) is 4.90 Å². The molecule has 0 bridgehead atoms. The number of benzene rings is 1. The Morgan fingerprint density at radius 3 is 2.48 bits per heavy atom. The van der Waals surface area contributed by atoms with E-state index in [1.54, 1.807) is 0 Å². The van der Waals surface area contributed by atoms with Crippen LogP contribution in [0.15, 0.2) is 24.3 Å². The molecule has 2 aliphatic rings.